The zero-order valence-electron chi connectivity index (χ0n) is 14.9. The molecule has 6 nitrogen and oxygen atoms in total. The van der Waals surface area contributed by atoms with Gasteiger partial charge < -0.3 is 4.90 Å². The molecule has 0 spiro atoms. The van der Waals surface area contributed by atoms with Crippen LogP contribution in [-0.2, 0) is 13.6 Å². The van der Waals surface area contributed by atoms with Crippen LogP contribution in [0.15, 0.2) is 53.6 Å². The smallest absolute Gasteiger partial charge is 0.274 e. The van der Waals surface area contributed by atoms with Crippen LogP contribution in [0.5, 0.6) is 0 Å². The van der Waals surface area contributed by atoms with Crippen molar-refractivity contribution in [1.82, 2.24) is 14.3 Å². The van der Waals surface area contributed by atoms with E-state index in [-0.39, 0.29) is 17.8 Å². The second-order valence-electron chi connectivity index (χ2n) is 6.00. The first-order valence-electron chi connectivity index (χ1n) is 8.11. The fourth-order valence-corrected chi connectivity index (χ4v) is 2.72. The van der Waals surface area contributed by atoms with E-state index in [9.17, 15) is 14.0 Å². The summed E-state index contributed by atoms with van der Waals surface area (Å²) in [6.45, 7) is -0.0372. The van der Waals surface area contributed by atoms with Gasteiger partial charge in [-0.2, -0.15) is 5.10 Å². The van der Waals surface area contributed by atoms with E-state index in [0.29, 0.717) is 16.8 Å². The van der Waals surface area contributed by atoms with Crippen LogP contribution in [0.3, 0.4) is 0 Å². The Morgan fingerprint density at radius 1 is 1.26 bits per heavy atom. The second-order valence-corrected chi connectivity index (χ2v) is 6.00. The first kappa shape index (κ1) is 18.1. The van der Waals surface area contributed by atoms with E-state index in [2.05, 4.69) is 11.0 Å². The number of hydrogen-bond acceptors (Lipinski definition) is 3. The number of rotatable bonds is 4. The Kier molecular flexibility index (Phi) is 4.90. The number of amides is 1. The van der Waals surface area contributed by atoms with E-state index >= 15 is 0 Å². The highest BCUT2D eigenvalue weighted by molar-refractivity contribution is 6.05. The Hall–Kier alpha value is -3.66. The Balaban J connectivity index is 2.09. The number of nitrogens with zero attached hydrogens (tertiary/aromatic N) is 4. The average molecular weight is 364 g/mol. The molecule has 0 saturated carbocycles. The maximum Gasteiger partial charge on any atom is 0.274 e. The Morgan fingerprint density at radius 3 is 2.56 bits per heavy atom. The van der Waals surface area contributed by atoms with Gasteiger partial charge in [-0.25, -0.2) is 4.39 Å². The molecule has 0 N–H and O–H groups in total. The van der Waals surface area contributed by atoms with E-state index in [1.54, 1.807) is 37.2 Å². The summed E-state index contributed by atoms with van der Waals surface area (Å²) in [7, 11) is 3.31. The minimum absolute atomic E-state index is 0.0372. The van der Waals surface area contributed by atoms with Crippen molar-refractivity contribution in [2.75, 3.05) is 11.9 Å². The molecule has 1 aromatic carbocycles. The van der Waals surface area contributed by atoms with E-state index in [0.717, 1.165) is 0 Å². The molecule has 0 atom stereocenters. The van der Waals surface area contributed by atoms with Gasteiger partial charge >= 0.3 is 0 Å². The molecule has 7 heteroatoms. The minimum atomic E-state index is -0.431. The summed E-state index contributed by atoms with van der Waals surface area (Å²) in [4.78, 5) is 27.0. The number of carbonyl (C=O) groups excluding carboxylic acids is 1. The lowest BCUT2D eigenvalue weighted by molar-refractivity contribution is 0.0983. The van der Waals surface area contributed by atoms with Gasteiger partial charge in [0.25, 0.3) is 11.5 Å². The largest absolute Gasteiger partial charge is 0.310 e. The molecule has 3 aromatic rings. The van der Waals surface area contributed by atoms with Gasteiger partial charge in [0.05, 0.1) is 12.7 Å². The lowest BCUT2D eigenvalue weighted by atomic mass is 10.1. The van der Waals surface area contributed by atoms with Gasteiger partial charge in [-0.05, 0) is 35.9 Å². The van der Waals surface area contributed by atoms with E-state index in [1.165, 1.54) is 39.8 Å². The summed E-state index contributed by atoms with van der Waals surface area (Å²) in [5.74, 6) is 1.56. The highest BCUT2D eigenvalue weighted by Gasteiger charge is 2.20. The van der Waals surface area contributed by atoms with Crippen LogP contribution < -0.4 is 10.5 Å². The third-order valence-electron chi connectivity index (χ3n) is 4.15. The topological polar surface area (TPSA) is 60.1 Å². The van der Waals surface area contributed by atoms with Crippen molar-refractivity contribution in [3.63, 3.8) is 0 Å². The van der Waals surface area contributed by atoms with E-state index < -0.39 is 11.7 Å². The highest BCUT2D eigenvalue weighted by Crippen LogP contribution is 2.21. The summed E-state index contributed by atoms with van der Waals surface area (Å²) >= 11 is 0. The van der Waals surface area contributed by atoms with Gasteiger partial charge in [0, 0.05) is 37.6 Å². The SMILES string of the molecule is C#CCn1c(C(=O)N(C)c2ccc(F)cc2)cc(-c2cnn(C)c2)cc1=O. The number of hydrogen-bond donors (Lipinski definition) is 0. The maximum atomic E-state index is 13.2. The molecule has 1 amide bonds. The summed E-state index contributed by atoms with van der Waals surface area (Å²) in [5, 5.41) is 4.09. The molecule has 0 unspecified atom stereocenters. The molecule has 136 valence electrons. The number of anilines is 1. The van der Waals surface area contributed by atoms with Gasteiger partial charge in [-0.3, -0.25) is 18.8 Å². The highest BCUT2D eigenvalue weighted by atomic mass is 19.1. The zero-order chi connectivity index (χ0) is 19.6. The molecular weight excluding hydrogens is 347 g/mol. The van der Waals surface area contributed by atoms with Gasteiger partial charge in [-0.1, -0.05) is 5.92 Å². The van der Waals surface area contributed by atoms with E-state index in [1.807, 2.05) is 0 Å². The van der Waals surface area contributed by atoms with Crippen LogP contribution in [0.25, 0.3) is 11.1 Å². The van der Waals surface area contributed by atoms with Crippen molar-refractivity contribution >= 4 is 11.6 Å². The Labute approximate surface area is 155 Å². The van der Waals surface area contributed by atoms with Crippen LogP contribution in [-0.4, -0.2) is 27.3 Å². The number of carbonyl (C=O) groups is 1. The Morgan fingerprint density at radius 2 is 1.96 bits per heavy atom. The molecule has 2 aromatic heterocycles. The lowest BCUT2D eigenvalue weighted by Crippen LogP contribution is -2.33. The molecule has 3 rings (SSSR count). The number of aromatic nitrogens is 3. The Bertz CT molecular complexity index is 1090. The average Bonchev–Trinajstić information content (AvgIpc) is 3.09. The van der Waals surface area contributed by atoms with Crippen LogP contribution in [0.4, 0.5) is 10.1 Å². The van der Waals surface area contributed by atoms with Crippen LogP contribution in [0, 0.1) is 18.2 Å². The van der Waals surface area contributed by atoms with E-state index in [4.69, 9.17) is 6.42 Å². The summed E-state index contributed by atoms with van der Waals surface area (Å²) in [6, 6.07) is 8.53. The third-order valence-corrected chi connectivity index (χ3v) is 4.15. The van der Waals surface area contributed by atoms with Crippen molar-refractivity contribution in [3.8, 4) is 23.5 Å². The van der Waals surface area contributed by atoms with Gasteiger partial charge in [0.1, 0.15) is 11.5 Å². The molecule has 0 aliphatic rings. The zero-order valence-corrected chi connectivity index (χ0v) is 14.9. The molecular formula is C20H17FN4O2. The quantitative estimate of drug-likeness (QED) is 0.668. The number of pyridine rings is 1. The molecule has 0 saturated heterocycles. The predicted molar refractivity (Wildman–Crippen MR) is 101 cm³/mol. The molecule has 0 aliphatic carbocycles. The van der Waals surface area contributed by atoms with Gasteiger partial charge in [0.2, 0.25) is 0 Å². The number of aryl methyl sites for hydroxylation is 1. The monoisotopic (exact) mass is 364 g/mol. The molecule has 2 heterocycles. The van der Waals surface area contributed by atoms with Gasteiger partial charge in [-0.15, -0.1) is 6.42 Å². The molecule has 0 bridgehead atoms. The van der Waals surface area contributed by atoms with Crippen molar-refractivity contribution < 1.29 is 9.18 Å². The maximum absolute atomic E-state index is 13.2. The van der Waals surface area contributed by atoms with Crippen molar-refractivity contribution in [2.24, 2.45) is 7.05 Å². The molecule has 0 radical (unpaired) electrons. The standard InChI is InChI=1S/C20H17FN4O2/c1-4-9-25-18(20(27)24(3)17-7-5-16(21)6-8-17)10-14(11-19(25)26)15-12-22-23(2)13-15/h1,5-8,10-13H,9H2,2-3H3. The normalized spacial score (nSPS) is 10.4. The number of benzene rings is 1. The molecule has 0 fully saturated rings. The van der Waals surface area contributed by atoms with Crippen molar-refractivity contribution in [3.05, 3.63) is 70.7 Å². The first-order valence-corrected chi connectivity index (χ1v) is 8.11. The number of halogens is 1. The fourth-order valence-electron chi connectivity index (χ4n) is 2.72. The van der Waals surface area contributed by atoms with Gasteiger partial charge in [0.15, 0.2) is 0 Å². The lowest BCUT2D eigenvalue weighted by Gasteiger charge is -2.20. The van der Waals surface area contributed by atoms with Crippen molar-refractivity contribution in [2.45, 2.75) is 6.54 Å². The van der Waals surface area contributed by atoms with Crippen LogP contribution in [0.2, 0.25) is 0 Å². The predicted octanol–water partition coefficient (Wildman–Crippen LogP) is 2.30. The fraction of sp³-hybridized carbons (Fsp3) is 0.150. The second kappa shape index (κ2) is 7.30. The van der Waals surface area contributed by atoms with Crippen LogP contribution in [0.1, 0.15) is 10.5 Å². The number of terminal acetylenes is 1. The summed E-state index contributed by atoms with van der Waals surface area (Å²) in [5.41, 5.74) is 1.53. The molecule has 0 aliphatic heterocycles. The van der Waals surface area contributed by atoms with Crippen molar-refractivity contribution in [1.29, 1.82) is 0 Å². The third kappa shape index (κ3) is 3.65. The minimum Gasteiger partial charge on any atom is -0.310 e. The summed E-state index contributed by atoms with van der Waals surface area (Å²) in [6.07, 6.45) is 8.72. The van der Waals surface area contributed by atoms with Crippen LogP contribution >= 0.6 is 0 Å². The first-order chi connectivity index (χ1) is 12.9. The summed E-state index contributed by atoms with van der Waals surface area (Å²) < 4.78 is 16.0. The molecule has 27 heavy (non-hydrogen) atoms.